The summed E-state index contributed by atoms with van der Waals surface area (Å²) in [4.78, 5) is 2.58. The van der Waals surface area contributed by atoms with Crippen LogP contribution < -0.4 is 0 Å². The zero-order valence-electron chi connectivity index (χ0n) is 24.4. The molecule has 0 saturated heterocycles. The minimum absolute atomic E-state index is 0.106. The molecule has 0 radical (unpaired) electrons. The van der Waals surface area contributed by atoms with Crippen LogP contribution >= 0.6 is 15.9 Å². The van der Waals surface area contributed by atoms with Crippen molar-refractivity contribution in [3.8, 4) is 0 Å². The summed E-state index contributed by atoms with van der Waals surface area (Å²) >= 11 is 3.75. The van der Waals surface area contributed by atoms with E-state index in [9.17, 15) is 5.11 Å². The predicted octanol–water partition coefficient (Wildman–Crippen LogP) is 11.0. The fraction of sp³-hybridized carbons (Fsp3) is 0.600. The number of hydrogen-bond acceptors (Lipinski definition) is 2. The van der Waals surface area contributed by atoms with Gasteiger partial charge in [0.2, 0.25) is 0 Å². The van der Waals surface area contributed by atoms with E-state index >= 15 is 0 Å². The van der Waals surface area contributed by atoms with Crippen molar-refractivity contribution >= 4 is 37.5 Å². The summed E-state index contributed by atoms with van der Waals surface area (Å²) < 4.78 is 1.12. The van der Waals surface area contributed by atoms with Crippen LogP contribution in [0.15, 0.2) is 53.0 Å². The predicted molar refractivity (Wildman–Crippen MR) is 171 cm³/mol. The van der Waals surface area contributed by atoms with Gasteiger partial charge in [0, 0.05) is 10.5 Å². The highest BCUT2D eigenvalue weighted by atomic mass is 79.9. The van der Waals surface area contributed by atoms with Crippen LogP contribution in [0.4, 0.5) is 0 Å². The van der Waals surface area contributed by atoms with Crippen molar-refractivity contribution in [2.24, 2.45) is 0 Å². The molecule has 3 aromatic rings. The SMILES string of the molecule is CCCCCCCCCN(CCCCCCCCC)C(C)C(O)c1ccc2cc(Br)c3ccccc3c2c1. The summed E-state index contributed by atoms with van der Waals surface area (Å²) in [5, 5.41) is 16.5. The summed E-state index contributed by atoms with van der Waals surface area (Å²) in [6, 6.07) is 17.4. The third-order valence-electron chi connectivity index (χ3n) is 8.31. The van der Waals surface area contributed by atoms with Gasteiger partial charge in [0.15, 0.2) is 0 Å². The van der Waals surface area contributed by atoms with E-state index in [1.54, 1.807) is 0 Å². The summed E-state index contributed by atoms with van der Waals surface area (Å²) in [6.45, 7) is 8.98. The monoisotopic (exact) mass is 581 g/mol. The van der Waals surface area contributed by atoms with Crippen LogP contribution in [-0.4, -0.2) is 29.1 Å². The van der Waals surface area contributed by atoms with Crippen molar-refractivity contribution in [2.45, 2.75) is 123 Å². The highest BCUT2D eigenvalue weighted by molar-refractivity contribution is 9.10. The minimum Gasteiger partial charge on any atom is -0.387 e. The molecule has 38 heavy (non-hydrogen) atoms. The van der Waals surface area contributed by atoms with Crippen LogP contribution in [0.1, 0.15) is 122 Å². The van der Waals surface area contributed by atoms with Crippen LogP contribution in [0, 0.1) is 0 Å². The molecule has 0 spiro atoms. The Morgan fingerprint density at radius 3 is 1.76 bits per heavy atom. The van der Waals surface area contributed by atoms with Crippen LogP contribution in [0.5, 0.6) is 0 Å². The molecule has 0 saturated carbocycles. The fourth-order valence-corrected chi connectivity index (χ4v) is 6.39. The Balaban J connectivity index is 1.67. The van der Waals surface area contributed by atoms with Crippen molar-refractivity contribution in [1.82, 2.24) is 4.90 Å². The van der Waals surface area contributed by atoms with Gasteiger partial charge in [-0.05, 0) is 72.1 Å². The smallest absolute Gasteiger partial charge is 0.0942 e. The van der Waals surface area contributed by atoms with Gasteiger partial charge in [-0.3, -0.25) is 4.90 Å². The number of aliphatic hydroxyl groups excluding tert-OH is 1. The maximum absolute atomic E-state index is 11.6. The van der Waals surface area contributed by atoms with Gasteiger partial charge in [0.25, 0.3) is 0 Å². The highest BCUT2D eigenvalue weighted by Gasteiger charge is 2.23. The number of unbranched alkanes of at least 4 members (excludes halogenated alkanes) is 12. The first kappa shape index (κ1) is 31.1. The molecule has 3 aromatic carbocycles. The molecule has 0 aromatic heterocycles. The lowest BCUT2D eigenvalue weighted by molar-refractivity contribution is 0.0555. The van der Waals surface area contributed by atoms with E-state index in [0.29, 0.717) is 0 Å². The van der Waals surface area contributed by atoms with E-state index in [-0.39, 0.29) is 6.04 Å². The Bertz CT molecular complexity index is 1060. The molecule has 0 aliphatic heterocycles. The van der Waals surface area contributed by atoms with Crippen LogP contribution in [-0.2, 0) is 0 Å². The molecule has 210 valence electrons. The van der Waals surface area contributed by atoms with E-state index in [1.807, 2.05) is 0 Å². The Morgan fingerprint density at radius 1 is 0.658 bits per heavy atom. The number of halogens is 1. The lowest BCUT2D eigenvalue weighted by atomic mass is 9.95. The summed E-state index contributed by atoms with van der Waals surface area (Å²) in [6.07, 6.45) is 18.1. The van der Waals surface area contributed by atoms with Gasteiger partial charge < -0.3 is 5.11 Å². The fourth-order valence-electron chi connectivity index (χ4n) is 5.80. The normalized spacial score (nSPS) is 13.5. The lowest BCUT2D eigenvalue weighted by Gasteiger charge is -2.33. The van der Waals surface area contributed by atoms with Crippen LogP contribution in [0.3, 0.4) is 0 Å². The van der Waals surface area contributed by atoms with Gasteiger partial charge in [-0.1, -0.05) is 143 Å². The molecule has 2 atom stereocenters. The van der Waals surface area contributed by atoms with Crippen molar-refractivity contribution in [2.75, 3.05) is 13.1 Å². The molecule has 0 aliphatic rings. The first-order valence-corrected chi connectivity index (χ1v) is 16.4. The molecular weight excluding hydrogens is 530 g/mol. The second kappa shape index (κ2) is 17.3. The molecule has 2 unspecified atom stereocenters. The first-order valence-electron chi connectivity index (χ1n) is 15.6. The highest BCUT2D eigenvalue weighted by Crippen LogP contribution is 2.34. The molecule has 3 heteroatoms. The molecule has 0 bridgehead atoms. The van der Waals surface area contributed by atoms with Gasteiger partial charge >= 0.3 is 0 Å². The number of aliphatic hydroxyl groups is 1. The molecule has 0 amide bonds. The van der Waals surface area contributed by atoms with E-state index in [4.69, 9.17) is 0 Å². The van der Waals surface area contributed by atoms with E-state index in [1.165, 1.54) is 111 Å². The van der Waals surface area contributed by atoms with Crippen LogP contribution in [0.25, 0.3) is 21.5 Å². The number of benzene rings is 3. The second-order valence-electron chi connectivity index (χ2n) is 11.3. The Kier molecular flexibility index (Phi) is 14.2. The van der Waals surface area contributed by atoms with Crippen LogP contribution in [0.2, 0.25) is 0 Å². The largest absolute Gasteiger partial charge is 0.387 e. The number of fused-ring (bicyclic) bond motifs is 3. The van der Waals surface area contributed by atoms with Gasteiger partial charge in [-0.2, -0.15) is 0 Å². The average Bonchev–Trinajstić information content (AvgIpc) is 2.94. The molecule has 2 nitrogen and oxygen atoms in total. The quantitative estimate of drug-likeness (QED) is 0.112. The molecule has 0 aliphatic carbocycles. The summed E-state index contributed by atoms with van der Waals surface area (Å²) in [5.41, 5.74) is 1.03. The number of nitrogens with zero attached hydrogens (tertiary/aromatic N) is 1. The van der Waals surface area contributed by atoms with Gasteiger partial charge in [0.05, 0.1) is 6.10 Å². The molecular formula is C35H52BrNO. The van der Waals surface area contributed by atoms with Gasteiger partial charge in [-0.25, -0.2) is 0 Å². The van der Waals surface area contributed by atoms with Crippen molar-refractivity contribution < 1.29 is 5.11 Å². The average molecular weight is 583 g/mol. The van der Waals surface area contributed by atoms with Crippen molar-refractivity contribution in [3.05, 3.63) is 58.6 Å². The molecule has 0 fully saturated rings. The zero-order valence-corrected chi connectivity index (χ0v) is 25.9. The first-order chi connectivity index (χ1) is 18.6. The van der Waals surface area contributed by atoms with Gasteiger partial charge in [0.1, 0.15) is 0 Å². The summed E-state index contributed by atoms with van der Waals surface area (Å²) in [7, 11) is 0. The van der Waals surface area contributed by atoms with E-state index < -0.39 is 6.10 Å². The van der Waals surface area contributed by atoms with Crippen molar-refractivity contribution in [3.63, 3.8) is 0 Å². The molecule has 1 N–H and O–H groups in total. The second-order valence-corrected chi connectivity index (χ2v) is 12.2. The zero-order chi connectivity index (χ0) is 27.2. The lowest BCUT2D eigenvalue weighted by Crippen LogP contribution is -2.39. The number of rotatable bonds is 19. The van der Waals surface area contributed by atoms with E-state index in [0.717, 1.165) is 23.1 Å². The Morgan fingerprint density at radius 2 is 1.18 bits per heavy atom. The standard InChI is InChI=1S/C35H52BrNO/c1-4-6-8-10-12-14-18-24-37(25-19-15-13-11-9-7-5-2)28(3)35(38)30-23-22-29-27-34(36)32-21-17-16-20-31(32)33(29)26-30/h16-17,20-23,26-28,35,38H,4-15,18-19,24-25H2,1-3H3. The third kappa shape index (κ3) is 9.35. The minimum atomic E-state index is -0.490. The summed E-state index contributed by atoms with van der Waals surface area (Å²) in [5.74, 6) is 0. The van der Waals surface area contributed by atoms with Crippen molar-refractivity contribution in [1.29, 1.82) is 0 Å². The number of hydrogen-bond donors (Lipinski definition) is 1. The maximum Gasteiger partial charge on any atom is 0.0942 e. The van der Waals surface area contributed by atoms with Gasteiger partial charge in [-0.15, -0.1) is 0 Å². The third-order valence-corrected chi connectivity index (χ3v) is 8.96. The Labute approximate surface area is 241 Å². The van der Waals surface area contributed by atoms with E-state index in [2.05, 4.69) is 90.1 Å². The molecule has 3 rings (SSSR count). The molecule has 0 heterocycles. The maximum atomic E-state index is 11.6. The Hall–Kier alpha value is -1.42. The topological polar surface area (TPSA) is 23.5 Å².